The van der Waals surface area contributed by atoms with E-state index in [0.717, 1.165) is 32.0 Å². The van der Waals surface area contributed by atoms with Crippen LogP contribution in [-0.2, 0) is 7.05 Å². The summed E-state index contributed by atoms with van der Waals surface area (Å²) >= 11 is 0. The minimum absolute atomic E-state index is 0.142. The molecule has 0 spiro atoms. The summed E-state index contributed by atoms with van der Waals surface area (Å²) < 4.78 is 20.9. The summed E-state index contributed by atoms with van der Waals surface area (Å²) in [4.78, 5) is 7.03. The fourth-order valence-electron chi connectivity index (χ4n) is 3.33. The van der Waals surface area contributed by atoms with E-state index in [4.69, 9.17) is 9.73 Å². The number of aliphatic imine (C=N–C) groups is 1. The third-order valence-electron chi connectivity index (χ3n) is 4.65. The summed E-state index contributed by atoms with van der Waals surface area (Å²) in [7, 11) is 1.95. The molecule has 2 heterocycles. The van der Waals surface area contributed by atoms with Crippen molar-refractivity contribution in [3.8, 4) is 5.75 Å². The molecule has 2 aromatic rings. The third kappa shape index (κ3) is 5.21. The lowest BCUT2D eigenvalue weighted by Crippen LogP contribution is -2.40. The molecule has 0 saturated carbocycles. The fourth-order valence-corrected chi connectivity index (χ4v) is 3.33. The highest BCUT2D eigenvalue weighted by Gasteiger charge is 2.27. The van der Waals surface area contributed by atoms with Crippen molar-refractivity contribution in [2.75, 3.05) is 26.2 Å². The second-order valence-corrected chi connectivity index (χ2v) is 6.96. The van der Waals surface area contributed by atoms with Gasteiger partial charge in [0.1, 0.15) is 17.7 Å². The van der Waals surface area contributed by atoms with Crippen LogP contribution in [0.2, 0.25) is 0 Å². The maximum absolute atomic E-state index is 13.3. The van der Waals surface area contributed by atoms with E-state index in [0.29, 0.717) is 18.2 Å². The smallest absolute Gasteiger partial charge is 0.194 e. The van der Waals surface area contributed by atoms with Crippen LogP contribution in [0.4, 0.5) is 4.39 Å². The van der Waals surface area contributed by atoms with E-state index in [9.17, 15) is 4.39 Å². The van der Waals surface area contributed by atoms with Gasteiger partial charge in [0, 0.05) is 44.9 Å². The van der Waals surface area contributed by atoms with Crippen molar-refractivity contribution >= 4 is 5.96 Å². The molecule has 0 bridgehead atoms. The lowest BCUT2D eigenvalue weighted by Gasteiger charge is -2.22. The fraction of sp³-hybridized carbons (Fsp3) is 0.500. The van der Waals surface area contributed by atoms with Gasteiger partial charge in [0.15, 0.2) is 5.96 Å². The first-order valence-corrected chi connectivity index (χ1v) is 9.49. The Morgan fingerprint density at radius 2 is 2.33 bits per heavy atom. The molecule has 3 rings (SSSR count). The zero-order valence-corrected chi connectivity index (χ0v) is 16.2. The highest BCUT2D eigenvalue weighted by molar-refractivity contribution is 5.80. The van der Waals surface area contributed by atoms with E-state index >= 15 is 0 Å². The Morgan fingerprint density at radius 1 is 1.48 bits per heavy atom. The minimum atomic E-state index is -0.296. The first kappa shape index (κ1) is 19.2. The van der Waals surface area contributed by atoms with Crippen LogP contribution in [-0.4, -0.2) is 52.9 Å². The van der Waals surface area contributed by atoms with E-state index in [1.165, 1.54) is 17.7 Å². The van der Waals surface area contributed by atoms with Crippen LogP contribution >= 0.6 is 0 Å². The molecule has 146 valence electrons. The van der Waals surface area contributed by atoms with Crippen LogP contribution in [0.25, 0.3) is 0 Å². The predicted molar refractivity (Wildman–Crippen MR) is 105 cm³/mol. The summed E-state index contributed by atoms with van der Waals surface area (Å²) in [6.45, 7) is 7.22. The number of ether oxygens (including phenoxy) is 1. The molecule has 0 amide bonds. The zero-order chi connectivity index (χ0) is 19.2. The molecule has 1 aliphatic heterocycles. The normalized spacial score (nSPS) is 18.6. The molecule has 1 aromatic heterocycles. The van der Waals surface area contributed by atoms with Gasteiger partial charge < -0.3 is 15.0 Å². The predicted octanol–water partition coefficient (Wildman–Crippen LogP) is 2.78. The summed E-state index contributed by atoms with van der Waals surface area (Å²) in [5.41, 5.74) is 1.28. The highest BCUT2D eigenvalue weighted by atomic mass is 19.1. The molecule has 6 nitrogen and oxygen atoms in total. The Labute approximate surface area is 160 Å². The van der Waals surface area contributed by atoms with E-state index in [2.05, 4.69) is 28.4 Å². The molecular formula is C20H28FN5O. The molecule has 0 aliphatic carbocycles. The third-order valence-corrected chi connectivity index (χ3v) is 4.65. The molecule has 1 fully saturated rings. The Kier molecular flexibility index (Phi) is 6.32. The molecule has 1 saturated heterocycles. The molecule has 0 radical (unpaired) electrons. The lowest BCUT2D eigenvalue weighted by atomic mass is 10.0. The Morgan fingerprint density at radius 3 is 3.04 bits per heavy atom. The molecule has 7 heteroatoms. The van der Waals surface area contributed by atoms with Gasteiger partial charge in [-0.05, 0) is 38.0 Å². The quantitative estimate of drug-likeness (QED) is 0.625. The highest BCUT2D eigenvalue weighted by Crippen LogP contribution is 2.26. The number of guanidine groups is 1. The number of hydrogen-bond donors (Lipinski definition) is 1. The molecule has 2 unspecified atom stereocenters. The van der Waals surface area contributed by atoms with Crippen LogP contribution in [0, 0.1) is 5.82 Å². The van der Waals surface area contributed by atoms with Crippen molar-refractivity contribution in [2.45, 2.75) is 32.3 Å². The SMILES string of the molecule is CCNC(=NCC(C)Oc1cccc(F)c1)N1CCC(c2cnn(C)c2)C1. The van der Waals surface area contributed by atoms with Crippen molar-refractivity contribution < 1.29 is 9.13 Å². The first-order valence-electron chi connectivity index (χ1n) is 9.49. The van der Waals surface area contributed by atoms with E-state index in [1.54, 1.807) is 12.1 Å². The molecular weight excluding hydrogens is 345 g/mol. The van der Waals surface area contributed by atoms with Gasteiger partial charge in [-0.3, -0.25) is 4.68 Å². The molecule has 1 aromatic carbocycles. The van der Waals surface area contributed by atoms with Crippen LogP contribution in [0.5, 0.6) is 5.75 Å². The number of hydrogen-bond acceptors (Lipinski definition) is 3. The second kappa shape index (κ2) is 8.88. The van der Waals surface area contributed by atoms with E-state index in [-0.39, 0.29) is 11.9 Å². The van der Waals surface area contributed by atoms with Crippen LogP contribution in [0.15, 0.2) is 41.7 Å². The average Bonchev–Trinajstić information content (AvgIpc) is 3.27. The van der Waals surface area contributed by atoms with Gasteiger partial charge in [-0.1, -0.05) is 6.07 Å². The minimum Gasteiger partial charge on any atom is -0.489 e. The summed E-state index contributed by atoms with van der Waals surface area (Å²) in [5.74, 6) is 1.61. The summed E-state index contributed by atoms with van der Waals surface area (Å²) in [6.07, 6.45) is 4.99. The molecule has 27 heavy (non-hydrogen) atoms. The van der Waals surface area contributed by atoms with Gasteiger partial charge in [0.05, 0.1) is 12.7 Å². The topological polar surface area (TPSA) is 54.7 Å². The van der Waals surface area contributed by atoms with E-state index < -0.39 is 0 Å². The standard InChI is InChI=1S/C20H28FN5O/c1-4-22-20(23-11-15(2)27-19-7-5-6-18(21)10-19)26-9-8-16(14-26)17-12-24-25(3)13-17/h5-7,10,12-13,15-16H,4,8-9,11,14H2,1-3H3,(H,22,23). The van der Waals surface area contributed by atoms with Crippen LogP contribution in [0.3, 0.4) is 0 Å². The number of aromatic nitrogens is 2. The maximum atomic E-state index is 13.3. The van der Waals surface area contributed by atoms with Gasteiger partial charge in [-0.15, -0.1) is 0 Å². The molecule has 1 N–H and O–H groups in total. The van der Waals surface area contributed by atoms with Crippen molar-refractivity contribution in [1.82, 2.24) is 20.0 Å². The number of likely N-dealkylation sites (tertiary alicyclic amines) is 1. The number of nitrogens with zero attached hydrogens (tertiary/aromatic N) is 4. The van der Waals surface area contributed by atoms with Gasteiger partial charge in [0.25, 0.3) is 0 Å². The van der Waals surface area contributed by atoms with Gasteiger partial charge in [-0.2, -0.15) is 5.10 Å². The lowest BCUT2D eigenvalue weighted by molar-refractivity contribution is 0.228. The summed E-state index contributed by atoms with van der Waals surface area (Å²) in [5, 5.41) is 7.65. The van der Waals surface area contributed by atoms with Gasteiger partial charge >= 0.3 is 0 Å². The number of halogens is 1. The van der Waals surface area contributed by atoms with Crippen molar-refractivity contribution in [3.05, 3.63) is 48.0 Å². The number of nitrogens with one attached hydrogen (secondary N) is 1. The van der Waals surface area contributed by atoms with Crippen LogP contribution in [0.1, 0.15) is 31.7 Å². The number of aryl methyl sites for hydroxylation is 1. The first-order chi connectivity index (χ1) is 13.0. The van der Waals surface area contributed by atoms with E-state index in [1.807, 2.05) is 24.9 Å². The summed E-state index contributed by atoms with van der Waals surface area (Å²) in [6, 6.07) is 6.20. The molecule has 1 aliphatic rings. The zero-order valence-electron chi connectivity index (χ0n) is 16.2. The molecule has 2 atom stereocenters. The number of rotatable bonds is 6. The largest absolute Gasteiger partial charge is 0.489 e. The van der Waals surface area contributed by atoms with Gasteiger partial charge in [0.2, 0.25) is 0 Å². The maximum Gasteiger partial charge on any atom is 0.194 e. The Hall–Kier alpha value is -2.57. The van der Waals surface area contributed by atoms with Crippen molar-refractivity contribution in [1.29, 1.82) is 0 Å². The number of benzene rings is 1. The monoisotopic (exact) mass is 373 g/mol. The average molecular weight is 373 g/mol. The Balaban J connectivity index is 1.59. The van der Waals surface area contributed by atoms with Crippen molar-refractivity contribution in [2.24, 2.45) is 12.0 Å². The van der Waals surface area contributed by atoms with Gasteiger partial charge in [-0.25, -0.2) is 9.38 Å². The Bertz CT molecular complexity index is 775. The second-order valence-electron chi connectivity index (χ2n) is 6.96. The van der Waals surface area contributed by atoms with Crippen molar-refractivity contribution in [3.63, 3.8) is 0 Å². The van der Waals surface area contributed by atoms with Crippen LogP contribution < -0.4 is 10.1 Å².